The first kappa shape index (κ1) is 11.8. The van der Waals surface area contributed by atoms with Crippen LogP contribution in [0.5, 0.6) is 0 Å². The average Bonchev–Trinajstić information content (AvgIpc) is 2.18. The summed E-state index contributed by atoms with van der Waals surface area (Å²) in [5, 5.41) is 0.409. The van der Waals surface area contributed by atoms with Crippen LogP contribution in [0.4, 0.5) is 0 Å². The van der Waals surface area contributed by atoms with E-state index in [-0.39, 0.29) is 0 Å². The molecule has 80 valence electrons. The topological polar surface area (TPSA) is 26.3 Å². The van der Waals surface area contributed by atoms with E-state index in [1.54, 1.807) is 6.92 Å². The van der Waals surface area contributed by atoms with Crippen molar-refractivity contribution < 1.29 is 9.53 Å². The van der Waals surface area contributed by atoms with Crippen LogP contribution in [0.3, 0.4) is 0 Å². The van der Waals surface area contributed by atoms with Gasteiger partial charge in [0.15, 0.2) is 0 Å². The molecule has 0 atom stereocenters. The zero-order valence-electron chi connectivity index (χ0n) is 8.79. The molecule has 0 aliphatic carbocycles. The number of halogens is 1. The number of rotatable bonds is 3. The summed E-state index contributed by atoms with van der Waals surface area (Å²) in [5.74, 6) is -0.411. The van der Waals surface area contributed by atoms with Crippen molar-refractivity contribution in [3.05, 3.63) is 41.5 Å². The van der Waals surface area contributed by atoms with E-state index in [1.807, 2.05) is 31.2 Å². The van der Waals surface area contributed by atoms with Crippen molar-refractivity contribution in [1.82, 2.24) is 0 Å². The van der Waals surface area contributed by atoms with Crippen molar-refractivity contribution in [2.24, 2.45) is 0 Å². The fourth-order valence-corrected chi connectivity index (χ4v) is 1.51. The van der Waals surface area contributed by atoms with Crippen molar-refractivity contribution in [2.45, 2.75) is 13.8 Å². The van der Waals surface area contributed by atoms with Gasteiger partial charge in [-0.3, -0.25) is 0 Å². The molecule has 1 aromatic rings. The van der Waals surface area contributed by atoms with Crippen LogP contribution < -0.4 is 0 Å². The second-order valence-electron chi connectivity index (χ2n) is 3.06. The minimum atomic E-state index is -0.411. The smallest absolute Gasteiger partial charge is 0.332 e. The number of ether oxygens (including phenoxy) is 1. The number of hydrogen-bond acceptors (Lipinski definition) is 2. The van der Waals surface area contributed by atoms with Gasteiger partial charge in [0, 0.05) is 6.08 Å². The van der Waals surface area contributed by atoms with Crippen LogP contribution in [-0.2, 0) is 9.53 Å². The predicted molar refractivity (Wildman–Crippen MR) is 61.6 cm³/mol. The van der Waals surface area contributed by atoms with E-state index in [2.05, 4.69) is 0 Å². The van der Waals surface area contributed by atoms with Gasteiger partial charge in [-0.05, 0) is 25.0 Å². The van der Waals surface area contributed by atoms with E-state index in [0.717, 1.165) is 11.1 Å². The summed E-state index contributed by atoms with van der Waals surface area (Å²) in [7, 11) is 0. The van der Waals surface area contributed by atoms with Gasteiger partial charge in [0.25, 0.3) is 0 Å². The first-order valence-electron chi connectivity index (χ1n) is 4.75. The number of esters is 1. The Morgan fingerprint density at radius 1 is 1.47 bits per heavy atom. The molecule has 1 rings (SSSR count). The van der Waals surface area contributed by atoms with Crippen LogP contribution in [0, 0.1) is 6.92 Å². The molecule has 0 aliphatic rings. The largest absolute Gasteiger partial charge is 0.463 e. The second-order valence-corrected chi connectivity index (χ2v) is 3.47. The maximum absolute atomic E-state index is 11.2. The number of carbonyl (C=O) groups excluding carboxylic acids is 1. The van der Waals surface area contributed by atoms with Crippen molar-refractivity contribution >= 4 is 22.6 Å². The highest BCUT2D eigenvalue weighted by molar-refractivity contribution is 6.50. The Kier molecular flexibility index (Phi) is 4.37. The maximum Gasteiger partial charge on any atom is 0.332 e. The highest BCUT2D eigenvalue weighted by Crippen LogP contribution is 2.21. The molecule has 0 aromatic heterocycles. The molecule has 0 unspecified atom stereocenters. The summed E-state index contributed by atoms with van der Waals surface area (Å²) in [6.45, 7) is 4.05. The van der Waals surface area contributed by atoms with Gasteiger partial charge in [-0.25, -0.2) is 4.79 Å². The Labute approximate surface area is 94.5 Å². The third-order valence-electron chi connectivity index (χ3n) is 1.93. The lowest BCUT2D eigenvalue weighted by Crippen LogP contribution is -2.00. The first-order chi connectivity index (χ1) is 7.15. The Morgan fingerprint density at radius 3 is 2.73 bits per heavy atom. The van der Waals surface area contributed by atoms with Gasteiger partial charge in [0.05, 0.1) is 11.6 Å². The van der Waals surface area contributed by atoms with E-state index in [9.17, 15) is 4.79 Å². The Balaban J connectivity index is 2.89. The number of hydrogen-bond donors (Lipinski definition) is 0. The van der Waals surface area contributed by atoms with Crippen LogP contribution in [0.15, 0.2) is 30.3 Å². The minimum Gasteiger partial charge on any atom is -0.463 e. The summed E-state index contributed by atoms with van der Waals surface area (Å²) in [5.41, 5.74) is 1.88. The van der Waals surface area contributed by atoms with E-state index in [4.69, 9.17) is 16.3 Å². The molecule has 0 radical (unpaired) electrons. The van der Waals surface area contributed by atoms with E-state index >= 15 is 0 Å². The quantitative estimate of drug-likeness (QED) is 0.583. The zero-order valence-corrected chi connectivity index (χ0v) is 9.54. The van der Waals surface area contributed by atoms with E-state index in [1.165, 1.54) is 6.08 Å². The molecule has 0 amide bonds. The first-order valence-corrected chi connectivity index (χ1v) is 5.13. The summed E-state index contributed by atoms with van der Waals surface area (Å²) < 4.78 is 4.77. The maximum atomic E-state index is 11.2. The SMILES string of the molecule is CCOC(=O)/C=C(/Cl)c1ccccc1C. The average molecular weight is 225 g/mol. The van der Waals surface area contributed by atoms with Gasteiger partial charge < -0.3 is 4.74 Å². The van der Waals surface area contributed by atoms with Crippen LogP contribution in [0.1, 0.15) is 18.1 Å². The number of aryl methyl sites for hydroxylation is 1. The molecule has 0 fully saturated rings. The normalized spacial score (nSPS) is 11.3. The highest BCUT2D eigenvalue weighted by Gasteiger charge is 2.04. The zero-order chi connectivity index (χ0) is 11.3. The summed E-state index contributed by atoms with van der Waals surface area (Å²) in [4.78, 5) is 11.2. The fourth-order valence-electron chi connectivity index (χ4n) is 1.21. The summed E-state index contributed by atoms with van der Waals surface area (Å²) in [6.07, 6.45) is 1.30. The van der Waals surface area contributed by atoms with Gasteiger partial charge in [-0.1, -0.05) is 35.9 Å². The highest BCUT2D eigenvalue weighted by atomic mass is 35.5. The van der Waals surface area contributed by atoms with Crippen LogP contribution in [-0.4, -0.2) is 12.6 Å². The van der Waals surface area contributed by atoms with Crippen molar-refractivity contribution in [3.8, 4) is 0 Å². The minimum absolute atomic E-state index is 0.354. The monoisotopic (exact) mass is 224 g/mol. The molecule has 0 heterocycles. The van der Waals surface area contributed by atoms with Crippen LogP contribution in [0.2, 0.25) is 0 Å². The van der Waals surface area contributed by atoms with Gasteiger partial charge >= 0.3 is 5.97 Å². The van der Waals surface area contributed by atoms with Crippen molar-refractivity contribution in [3.63, 3.8) is 0 Å². The second kappa shape index (κ2) is 5.56. The van der Waals surface area contributed by atoms with E-state index in [0.29, 0.717) is 11.6 Å². The third kappa shape index (κ3) is 3.40. The van der Waals surface area contributed by atoms with Crippen molar-refractivity contribution in [2.75, 3.05) is 6.61 Å². The molecule has 0 saturated heterocycles. The fraction of sp³-hybridized carbons (Fsp3) is 0.250. The van der Waals surface area contributed by atoms with Crippen LogP contribution >= 0.6 is 11.6 Å². The molecule has 0 bridgehead atoms. The Hall–Kier alpha value is -1.28. The molecular formula is C12H13ClO2. The number of benzene rings is 1. The van der Waals surface area contributed by atoms with Crippen molar-refractivity contribution in [1.29, 1.82) is 0 Å². The molecule has 3 heteroatoms. The van der Waals surface area contributed by atoms with Gasteiger partial charge in [0.2, 0.25) is 0 Å². The molecule has 2 nitrogen and oxygen atoms in total. The Bertz CT molecular complexity index is 383. The van der Waals surface area contributed by atoms with E-state index < -0.39 is 5.97 Å². The van der Waals surface area contributed by atoms with Gasteiger partial charge in [0.1, 0.15) is 0 Å². The predicted octanol–water partition coefficient (Wildman–Crippen LogP) is 3.14. The number of carbonyl (C=O) groups is 1. The molecule has 0 N–H and O–H groups in total. The lowest BCUT2D eigenvalue weighted by Gasteiger charge is -2.03. The molecule has 0 aliphatic heterocycles. The lowest BCUT2D eigenvalue weighted by molar-refractivity contribution is -0.137. The summed E-state index contributed by atoms with van der Waals surface area (Å²) >= 11 is 6.00. The molecule has 0 spiro atoms. The molecule has 0 saturated carbocycles. The van der Waals surface area contributed by atoms with Gasteiger partial charge in [-0.15, -0.1) is 0 Å². The third-order valence-corrected chi connectivity index (χ3v) is 2.25. The molecular weight excluding hydrogens is 212 g/mol. The molecule has 1 aromatic carbocycles. The van der Waals surface area contributed by atoms with Gasteiger partial charge in [-0.2, -0.15) is 0 Å². The van der Waals surface area contributed by atoms with Crippen LogP contribution in [0.25, 0.3) is 5.03 Å². The lowest BCUT2D eigenvalue weighted by atomic mass is 10.1. The summed E-state index contributed by atoms with van der Waals surface area (Å²) in [6, 6.07) is 7.61. The Morgan fingerprint density at radius 2 is 2.13 bits per heavy atom. The standard InChI is InChI=1S/C12H13ClO2/c1-3-15-12(14)8-11(13)10-7-5-4-6-9(10)2/h4-8H,3H2,1-2H3/b11-8+. The molecule has 15 heavy (non-hydrogen) atoms.